The van der Waals surface area contributed by atoms with Gasteiger partial charge in [-0.2, -0.15) is 0 Å². The van der Waals surface area contributed by atoms with Gasteiger partial charge in [-0.1, -0.05) is 44.0 Å². The van der Waals surface area contributed by atoms with Gasteiger partial charge in [-0.05, 0) is 74.3 Å². The van der Waals surface area contributed by atoms with E-state index in [-0.39, 0.29) is 48.6 Å². The molecule has 0 aromatic rings. The van der Waals surface area contributed by atoms with Crippen LogP contribution in [-0.4, -0.2) is 37.7 Å². The Labute approximate surface area is 199 Å². The van der Waals surface area contributed by atoms with Crippen molar-refractivity contribution in [3.8, 4) is 0 Å². The molecule has 8 atom stereocenters. The molecule has 2 N–H and O–H groups in total. The Kier molecular flexibility index (Phi) is 5.37. The number of fused-ring (bicyclic) bond motifs is 5. The van der Waals surface area contributed by atoms with Gasteiger partial charge in [0.1, 0.15) is 10.7 Å². The summed E-state index contributed by atoms with van der Waals surface area (Å²) in [5.41, 5.74) is -1.51. The Morgan fingerprint density at radius 3 is 2.47 bits per heavy atom. The molecule has 0 aliphatic heterocycles. The highest BCUT2D eigenvalue weighted by Crippen LogP contribution is 2.77. The van der Waals surface area contributed by atoms with E-state index in [1.54, 1.807) is 19.1 Å². The Balaban J connectivity index is 1.88. The molecule has 32 heavy (non-hydrogen) atoms. The maximum atomic E-state index is 13.2. The summed E-state index contributed by atoms with van der Waals surface area (Å²) in [4.78, 5) is 35.5. The number of halogens is 2. The SMILES string of the molecule is CC(=O)[C@@]1(CCC(=O)O)[C@H](C)C[C@H]2[C@@H]3CCC4=CC(=O)C=C[C@]4(C)[C@@]3(Cl)[C@@](O)(Cl)C[C@@]21C. The van der Waals surface area contributed by atoms with Gasteiger partial charge in [0.15, 0.2) is 10.8 Å². The van der Waals surface area contributed by atoms with Crippen LogP contribution in [0.2, 0.25) is 0 Å². The normalized spacial score (nSPS) is 49.7. The molecule has 4 aliphatic carbocycles. The molecule has 0 saturated heterocycles. The van der Waals surface area contributed by atoms with Gasteiger partial charge in [-0.15, -0.1) is 11.6 Å². The van der Waals surface area contributed by atoms with E-state index in [9.17, 15) is 24.6 Å². The van der Waals surface area contributed by atoms with Crippen molar-refractivity contribution >= 4 is 40.7 Å². The second kappa shape index (κ2) is 7.16. The van der Waals surface area contributed by atoms with Gasteiger partial charge in [0, 0.05) is 17.3 Å². The highest BCUT2D eigenvalue weighted by Gasteiger charge is 2.77. The maximum absolute atomic E-state index is 13.2. The molecular weight excluding hydrogens is 451 g/mol. The van der Waals surface area contributed by atoms with Crippen molar-refractivity contribution in [3.63, 3.8) is 0 Å². The second-order valence-electron chi connectivity index (χ2n) is 11.0. The molecule has 0 spiro atoms. The molecule has 0 aromatic carbocycles. The number of aliphatic hydroxyl groups is 1. The van der Waals surface area contributed by atoms with Crippen LogP contribution in [0.3, 0.4) is 0 Å². The lowest BCUT2D eigenvalue weighted by molar-refractivity contribution is -0.162. The summed E-state index contributed by atoms with van der Waals surface area (Å²) in [6.45, 7) is 7.51. The van der Waals surface area contributed by atoms with Crippen LogP contribution in [0.4, 0.5) is 0 Å². The number of carbonyl (C=O) groups excluding carboxylic acids is 2. The van der Waals surface area contributed by atoms with Crippen LogP contribution < -0.4 is 0 Å². The third-order valence-electron chi connectivity index (χ3n) is 9.85. The third kappa shape index (κ3) is 2.71. The van der Waals surface area contributed by atoms with E-state index in [1.165, 1.54) is 6.08 Å². The fraction of sp³-hybridized carbons (Fsp3) is 0.720. The van der Waals surface area contributed by atoms with E-state index in [2.05, 4.69) is 0 Å². The topological polar surface area (TPSA) is 91.7 Å². The summed E-state index contributed by atoms with van der Waals surface area (Å²) in [6, 6.07) is 0. The third-order valence-corrected chi connectivity index (χ3v) is 11.4. The van der Waals surface area contributed by atoms with Crippen molar-refractivity contribution in [2.45, 2.75) is 76.2 Å². The van der Waals surface area contributed by atoms with Gasteiger partial charge in [-0.25, -0.2) is 0 Å². The highest BCUT2D eigenvalue weighted by molar-refractivity contribution is 6.35. The lowest BCUT2D eigenvalue weighted by atomic mass is 9.43. The Bertz CT molecular complexity index is 954. The van der Waals surface area contributed by atoms with Crippen LogP contribution in [0.1, 0.15) is 66.2 Å². The van der Waals surface area contributed by atoms with Crippen LogP contribution in [0.15, 0.2) is 23.8 Å². The molecule has 4 rings (SSSR count). The van der Waals surface area contributed by atoms with E-state index in [1.807, 2.05) is 20.8 Å². The van der Waals surface area contributed by atoms with Gasteiger partial charge in [0.05, 0.1) is 0 Å². The number of carbonyl (C=O) groups is 3. The zero-order chi connectivity index (χ0) is 23.9. The average molecular weight is 483 g/mol. The zero-order valence-corrected chi connectivity index (χ0v) is 20.6. The first-order chi connectivity index (χ1) is 14.7. The fourth-order valence-electron chi connectivity index (χ4n) is 8.48. The van der Waals surface area contributed by atoms with E-state index in [0.29, 0.717) is 12.8 Å². The van der Waals surface area contributed by atoms with Crippen LogP contribution in [0, 0.1) is 34.0 Å². The first-order valence-corrected chi connectivity index (χ1v) is 12.2. The highest BCUT2D eigenvalue weighted by atomic mass is 35.5. The zero-order valence-electron chi connectivity index (χ0n) is 19.1. The largest absolute Gasteiger partial charge is 0.481 e. The van der Waals surface area contributed by atoms with E-state index in [0.717, 1.165) is 12.0 Å². The van der Waals surface area contributed by atoms with Crippen molar-refractivity contribution in [3.05, 3.63) is 23.8 Å². The van der Waals surface area contributed by atoms with Crippen molar-refractivity contribution in [1.82, 2.24) is 0 Å². The summed E-state index contributed by atoms with van der Waals surface area (Å²) in [6.07, 6.45) is 7.15. The molecule has 0 amide bonds. The van der Waals surface area contributed by atoms with Crippen LogP contribution >= 0.6 is 23.2 Å². The monoisotopic (exact) mass is 482 g/mol. The lowest BCUT2D eigenvalue weighted by Gasteiger charge is -2.67. The first-order valence-electron chi connectivity index (χ1n) is 11.4. The van der Waals surface area contributed by atoms with Gasteiger partial charge < -0.3 is 10.2 Å². The first kappa shape index (κ1) is 24.0. The minimum atomic E-state index is -1.85. The number of hydrogen-bond acceptors (Lipinski definition) is 4. The molecular formula is C25H32Cl2O5. The Hall–Kier alpha value is -1.17. The standard InChI is InChI=1S/C25H32Cl2O5/c1-14-11-19-18-6-5-16-12-17(29)7-9-21(16,3)25(18,27)24(26,32)13-22(19,4)23(14,15(2)28)10-8-20(30)31/h7,9,12,14,18-19,32H,5-6,8,10-11,13H2,1-4H3,(H,30,31)/t14-,18+,19+,21+,22+,23-,24-,25-/m1/s1. The molecule has 3 saturated carbocycles. The van der Waals surface area contributed by atoms with Crippen molar-refractivity contribution in [1.29, 1.82) is 0 Å². The fourth-order valence-corrected chi connectivity index (χ4v) is 9.60. The number of aliphatic carboxylic acids is 1. The number of Topliss-reactive ketones (excluding diaryl/α,β-unsaturated/α-hetero) is 1. The molecule has 176 valence electrons. The quantitative estimate of drug-likeness (QED) is 0.557. The average Bonchev–Trinajstić information content (AvgIpc) is 2.88. The number of ketones is 2. The molecule has 0 aromatic heterocycles. The minimum Gasteiger partial charge on any atom is -0.481 e. The molecule has 0 heterocycles. The molecule has 7 heteroatoms. The minimum absolute atomic E-state index is 0.00359. The predicted octanol–water partition coefficient (Wildman–Crippen LogP) is 4.88. The molecule has 0 radical (unpaired) electrons. The Morgan fingerprint density at radius 1 is 1.22 bits per heavy atom. The maximum Gasteiger partial charge on any atom is 0.303 e. The summed E-state index contributed by atoms with van der Waals surface area (Å²) in [5, 5.41) is 19.4. The van der Waals surface area contributed by atoms with Crippen molar-refractivity contribution < 1.29 is 24.6 Å². The number of carboxylic acid groups (broad SMARTS) is 1. The van der Waals surface area contributed by atoms with E-state index in [4.69, 9.17) is 23.2 Å². The van der Waals surface area contributed by atoms with Gasteiger partial charge >= 0.3 is 5.97 Å². The number of allylic oxidation sites excluding steroid dienone is 4. The van der Waals surface area contributed by atoms with E-state index < -0.39 is 32.1 Å². The summed E-state index contributed by atoms with van der Waals surface area (Å²) in [7, 11) is 0. The Morgan fingerprint density at radius 2 is 1.88 bits per heavy atom. The van der Waals surface area contributed by atoms with Crippen LogP contribution in [0.5, 0.6) is 0 Å². The summed E-state index contributed by atoms with van der Waals surface area (Å²) < 4.78 is 0. The molecule has 0 bridgehead atoms. The second-order valence-corrected chi connectivity index (χ2v) is 12.2. The van der Waals surface area contributed by atoms with E-state index >= 15 is 0 Å². The molecule has 3 fully saturated rings. The summed E-state index contributed by atoms with van der Waals surface area (Å²) in [5.74, 6) is -1.33. The van der Waals surface area contributed by atoms with Gasteiger partial charge in [0.2, 0.25) is 0 Å². The lowest BCUT2D eigenvalue weighted by Crippen LogP contribution is -2.71. The van der Waals surface area contributed by atoms with Crippen molar-refractivity contribution in [2.75, 3.05) is 0 Å². The smallest absolute Gasteiger partial charge is 0.303 e. The van der Waals surface area contributed by atoms with Gasteiger partial charge in [-0.3, -0.25) is 14.4 Å². The van der Waals surface area contributed by atoms with Gasteiger partial charge in [0.25, 0.3) is 0 Å². The number of rotatable bonds is 4. The van der Waals surface area contributed by atoms with Crippen LogP contribution in [-0.2, 0) is 14.4 Å². The van der Waals surface area contributed by atoms with Crippen LogP contribution in [0.25, 0.3) is 0 Å². The molecule has 4 aliphatic rings. The number of hydrogen-bond donors (Lipinski definition) is 2. The number of carboxylic acids is 1. The van der Waals surface area contributed by atoms with Crippen molar-refractivity contribution in [2.24, 2.45) is 34.0 Å². The summed E-state index contributed by atoms with van der Waals surface area (Å²) >= 11 is 14.4. The predicted molar refractivity (Wildman–Crippen MR) is 122 cm³/mol. The molecule has 5 nitrogen and oxygen atoms in total. The number of alkyl halides is 2. The molecule has 0 unspecified atom stereocenters.